The summed E-state index contributed by atoms with van der Waals surface area (Å²) in [4.78, 5) is 0. The second kappa shape index (κ2) is 6.91. The van der Waals surface area contributed by atoms with Crippen LogP contribution in [0, 0.1) is 0 Å². The van der Waals surface area contributed by atoms with Crippen LogP contribution in [0.1, 0.15) is 30.5 Å². The molecule has 0 amide bonds. The minimum absolute atomic E-state index is 0.465. The zero-order valence-corrected chi connectivity index (χ0v) is 12.9. The van der Waals surface area contributed by atoms with Gasteiger partial charge < -0.3 is 13.9 Å². The van der Waals surface area contributed by atoms with Gasteiger partial charge in [-0.15, -0.1) is 11.6 Å². The molecular formula is C15H16Cl2O3. The Bertz CT molecular complexity index is 552. The first-order valence-corrected chi connectivity index (χ1v) is 7.25. The van der Waals surface area contributed by atoms with Crippen LogP contribution in [0.2, 0.25) is 5.02 Å². The summed E-state index contributed by atoms with van der Waals surface area (Å²) in [5.74, 6) is 1.89. The van der Waals surface area contributed by atoms with E-state index in [9.17, 15) is 0 Å². The van der Waals surface area contributed by atoms with Gasteiger partial charge >= 0.3 is 0 Å². The molecule has 20 heavy (non-hydrogen) atoms. The van der Waals surface area contributed by atoms with Gasteiger partial charge in [-0.1, -0.05) is 11.6 Å². The van der Waals surface area contributed by atoms with E-state index in [0.29, 0.717) is 35.5 Å². The van der Waals surface area contributed by atoms with Crippen molar-refractivity contribution in [1.29, 1.82) is 0 Å². The summed E-state index contributed by atoms with van der Waals surface area (Å²) in [5, 5.41) is 0.0562. The molecule has 0 aliphatic carbocycles. The van der Waals surface area contributed by atoms with Crippen molar-refractivity contribution in [2.24, 2.45) is 0 Å². The molecule has 1 unspecified atom stereocenters. The van der Waals surface area contributed by atoms with Crippen LogP contribution in [-0.2, 0) is 0 Å². The maximum absolute atomic E-state index is 6.41. The average Bonchev–Trinajstić information content (AvgIpc) is 2.95. The standard InChI is InChI=1S/C15H16Cl2O3/c1-3-18-13-8-10(11(16)9-14(13)19-4-2)15(17)12-6-5-7-20-12/h5-9,15H,3-4H2,1-2H3. The fraction of sp³-hybridized carbons (Fsp3) is 0.333. The van der Waals surface area contributed by atoms with Crippen molar-refractivity contribution in [1.82, 2.24) is 0 Å². The topological polar surface area (TPSA) is 31.6 Å². The number of ether oxygens (including phenoxy) is 2. The fourth-order valence-corrected chi connectivity index (χ4v) is 2.49. The third kappa shape index (κ3) is 3.22. The molecule has 0 aliphatic heterocycles. The molecule has 1 aromatic heterocycles. The zero-order valence-electron chi connectivity index (χ0n) is 11.4. The van der Waals surface area contributed by atoms with E-state index in [1.54, 1.807) is 24.5 Å². The number of hydrogen-bond donors (Lipinski definition) is 0. The van der Waals surface area contributed by atoms with E-state index in [-0.39, 0.29) is 0 Å². The molecule has 0 fully saturated rings. The first kappa shape index (κ1) is 15.1. The lowest BCUT2D eigenvalue weighted by Crippen LogP contribution is -2.01. The van der Waals surface area contributed by atoms with E-state index in [1.165, 1.54) is 0 Å². The summed E-state index contributed by atoms with van der Waals surface area (Å²) in [6.07, 6.45) is 1.58. The number of alkyl halides is 1. The predicted molar refractivity (Wildman–Crippen MR) is 80.2 cm³/mol. The Morgan fingerprint density at radius 3 is 2.35 bits per heavy atom. The lowest BCUT2D eigenvalue weighted by Gasteiger charge is -2.16. The maximum atomic E-state index is 6.41. The number of hydrogen-bond acceptors (Lipinski definition) is 3. The second-order valence-corrected chi connectivity index (χ2v) is 4.91. The highest BCUT2D eigenvalue weighted by atomic mass is 35.5. The molecule has 0 radical (unpaired) electrons. The Hall–Kier alpha value is -1.32. The number of rotatable bonds is 6. The predicted octanol–water partition coefficient (Wildman–Crippen LogP) is 5.06. The lowest BCUT2D eigenvalue weighted by molar-refractivity contribution is 0.287. The highest BCUT2D eigenvalue weighted by molar-refractivity contribution is 6.33. The van der Waals surface area contributed by atoms with Gasteiger partial charge in [0.1, 0.15) is 11.1 Å². The smallest absolute Gasteiger partial charge is 0.162 e. The van der Waals surface area contributed by atoms with Gasteiger partial charge in [0.05, 0.1) is 19.5 Å². The van der Waals surface area contributed by atoms with Crippen LogP contribution >= 0.6 is 23.2 Å². The quantitative estimate of drug-likeness (QED) is 0.698. The summed E-state index contributed by atoms with van der Waals surface area (Å²) in [7, 11) is 0. The number of benzene rings is 1. The van der Waals surface area contributed by atoms with Crippen molar-refractivity contribution in [2.45, 2.75) is 19.2 Å². The van der Waals surface area contributed by atoms with Crippen molar-refractivity contribution < 1.29 is 13.9 Å². The molecule has 0 bridgehead atoms. The van der Waals surface area contributed by atoms with Crippen molar-refractivity contribution in [3.8, 4) is 11.5 Å². The Morgan fingerprint density at radius 2 is 1.80 bits per heavy atom. The molecular weight excluding hydrogens is 299 g/mol. The molecule has 0 aliphatic rings. The summed E-state index contributed by atoms with van der Waals surface area (Å²) in [6.45, 7) is 4.90. The molecule has 0 saturated carbocycles. The highest BCUT2D eigenvalue weighted by Gasteiger charge is 2.20. The maximum Gasteiger partial charge on any atom is 0.162 e. The van der Waals surface area contributed by atoms with Crippen molar-refractivity contribution in [2.75, 3.05) is 13.2 Å². The lowest BCUT2D eigenvalue weighted by atomic mass is 10.1. The molecule has 1 aromatic carbocycles. The summed E-state index contributed by atoms with van der Waals surface area (Å²) >= 11 is 12.7. The zero-order chi connectivity index (χ0) is 14.5. The minimum atomic E-state index is -0.465. The van der Waals surface area contributed by atoms with Crippen molar-refractivity contribution in [3.05, 3.63) is 46.9 Å². The van der Waals surface area contributed by atoms with Crippen LogP contribution in [0.15, 0.2) is 34.9 Å². The highest BCUT2D eigenvalue weighted by Crippen LogP contribution is 2.40. The van der Waals surface area contributed by atoms with Crippen LogP contribution < -0.4 is 9.47 Å². The summed E-state index contributed by atoms with van der Waals surface area (Å²) in [5.41, 5.74) is 0.732. The van der Waals surface area contributed by atoms with Crippen LogP contribution in [0.25, 0.3) is 0 Å². The number of halogens is 2. The van der Waals surface area contributed by atoms with E-state index >= 15 is 0 Å². The first-order chi connectivity index (χ1) is 9.67. The molecule has 2 rings (SSSR count). The van der Waals surface area contributed by atoms with Gasteiger partial charge in [-0.2, -0.15) is 0 Å². The molecule has 0 spiro atoms. The summed E-state index contributed by atoms with van der Waals surface area (Å²) < 4.78 is 16.4. The number of furan rings is 1. The minimum Gasteiger partial charge on any atom is -0.490 e. The molecule has 3 nitrogen and oxygen atoms in total. The van der Waals surface area contributed by atoms with Crippen LogP contribution in [0.4, 0.5) is 0 Å². The third-order valence-electron chi connectivity index (χ3n) is 2.73. The van der Waals surface area contributed by atoms with E-state index in [1.807, 2.05) is 19.9 Å². The van der Waals surface area contributed by atoms with Crippen molar-refractivity contribution >= 4 is 23.2 Å². The molecule has 5 heteroatoms. The largest absolute Gasteiger partial charge is 0.490 e. The van der Waals surface area contributed by atoms with Crippen LogP contribution in [0.5, 0.6) is 11.5 Å². The first-order valence-electron chi connectivity index (χ1n) is 6.43. The van der Waals surface area contributed by atoms with Gasteiger partial charge in [-0.05, 0) is 32.0 Å². The van der Waals surface area contributed by atoms with Crippen LogP contribution in [0.3, 0.4) is 0 Å². The van der Waals surface area contributed by atoms with Gasteiger partial charge in [-0.3, -0.25) is 0 Å². The third-order valence-corrected chi connectivity index (χ3v) is 3.51. The van der Waals surface area contributed by atoms with Gasteiger partial charge in [0.25, 0.3) is 0 Å². The van der Waals surface area contributed by atoms with Crippen molar-refractivity contribution in [3.63, 3.8) is 0 Å². The van der Waals surface area contributed by atoms with Gasteiger partial charge in [-0.25, -0.2) is 0 Å². The Morgan fingerprint density at radius 1 is 1.15 bits per heavy atom. The monoisotopic (exact) mass is 314 g/mol. The summed E-state index contributed by atoms with van der Waals surface area (Å²) in [6, 6.07) is 7.13. The van der Waals surface area contributed by atoms with Gasteiger partial charge in [0, 0.05) is 16.7 Å². The van der Waals surface area contributed by atoms with E-state index in [0.717, 1.165) is 5.56 Å². The van der Waals surface area contributed by atoms with Gasteiger partial charge in [0.2, 0.25) is 0 Å². The molecule has 0 saturated heterocycles. The molecule has 1 heterocycles. The molecule has 2 aromatic rings. The van der Waals surface area contributed by atoms with Gasteiger partial charge in [0.15, 0.2) is 11.5 Å². The Labute approximate surface area is 128 Å². The van der Waals surface area contributed by atoms with E-state index in [2.05, 4.69) is 0 Å². The Kier molecular flexibility index (Phi) is 5.21. The van der Waals surface area contributed by atoms with Crippen LogP contribution in [-0.4, -0.2) is 13.2 Å². The molecule has 1 atom stereocenters. The van der Waals surface area contributed by atoms with E-state index < -0.39 is 5.38 Å². The fourth-order valence-electron chi connectivity index (χ4n) is 1.87. The normalized spacial score (nSPS) is 12.2. The molecule has 108 valence electrons. The SMILES string of the molecule is CCOc1cc(Cl)c(C(Cl)c2ccco2)cc1OCC. The van der Waals surface area contributed by atoms with E-state index in [4.69, 9.17) is 37.1 Å². The average molecular weight is 315 g/mol. The molecule has 0 N–H and O–H groups in total. The Balaban J connectivity index is 2.40. The second-order valence-electron chi connectivity index (χ2n) is 4.06.